The lowest BCUT2D eigenvalue weighted by atomic mass is 10.2. The summed E-state index contributed by atoms with van der Waals surface area (Å²) in [4.78, 5) is 4.23. The van der Waals surface area contributed by atoms with Gasteiger partial charge in [-0.3, -0.25) is 0 Å². The Morgan fingerprint density at radius 1 is 1.18 bits per heavy atom. The van der Waals surface area contributed by atoms with Crippen LogP contribution in [0.5, 0.6) is 5.88 Å². The number of nitrogens with zero attached hydrogens (tertiary/aromatic N) is 1. The quantitative estimate of drug-likeness (QED) is 0.818. The predicted molar refractivity (Wildman–Crippen MR) is 69.4 cm³/mol. The lowest BCUT2D eigenvalue weighted by molar-refractivity contribution is 0.294. The first-order valence-electron chi connectivity index (χ1n) is 5.60. The van der Waals surface area contributed by atoms with Gasteiger partial charge in [-0.15, -0.1) is 0 Å². The molecule has 0 bridgehead atoms. The summed E-state index contributed by atoms with van der Waals surface area (Å²) in [5.41, 5.74) is 2.25. The summed E-state index contributed by atoms with van der Waals surface area (Å²) in [7, 11) is 0. The summed E-state index contributed by atoms with van der Waals surface area (Å²) < 4.78 is 5.58. The highest BCUT2D eigenvalue weighted by molar-refractivity contribution is 6.30. The number of pyridine rings is 1. The second-order valence-corrected chi connectivity index (χ2v) is 4.21. The first kappa shape index (κ1) is 11.9. The van der Waals surface area contributed by atoms with Gasteiger partial charge in [0.2, 0.25) is 5.88 Å². The maximum atomic E-state index is 5.89. The number of hydrogen-bond acceptors (Lipinski definition) is 2. The van der Waals surface area contributed by atoms with Crippen LogP contribution in [0, 0.1) is 0 Å². The minimum absolute atomic E-state index is 0.485. The molecule has 0 spiro atoms. The fraction of sp³-hybridized carbons (Fsp3) is 0.214. The lowest BCUT2D eigenvalue weighted by Crippen LogP contribution is -1.97. The number of rotatable bonds is 4. The van der Waals surface area contributed by atoms with E-state index in [9.17, 15) is 0 Å². The van der Waals surface area contributed by atoms with Crippen LogP contribution in [0.2, 0.25) is 5.02 Å². The van der Waals surface area contributed by atoms with Crippen LogP contribution in [0.3, 0.4) is 0 Å². The molecule has 0 fully saturated rings. The minimum Gasteiger partial charge on any atom is -0.473 e. The van der Waals surface area contributed by atoms with Gasteiger partial charge in [0.05, 0.1) is 0 Å². The summed E-state index contributed by atoms with van der Waals surface area (Å²) in [5.74, 6) is 0.641. The standard InChI is InChI=1S/C14H14ClNO/c1-2-11-6-7-14(16-9-11)17-10-12-4-3-5-13(15)8-12/h3-9H,2,10H2,1H3. The van der Waals surface area contributed by atoms with Gasteiger partial charge in [0.15, 0.2) is 0 Å². The number of halogens is 1. The maximum Gasteiger partial charge on any atom is 0.213 e. The SMILES string of the molecule is CCc1ccc(OCc2cccc(Cl)c2)nc1. The molecular formula is C14H14ClNO. The van der Waals surface area contributed by atoms with Gasteiger partial charge >= 0.3 is 0 Å². The third kappa shape index (κ3) is 3.46. The van der Waals surface area contributed by atoms with E-state index in [-0.39, 0.29) is 0 Å². The molecule has 2 aromatic rings. The van der Waals surface area contributed by atoms with Crippen molar-refractivity contribution in [3.8, 4) is 5.88 Å². The second-order valence-electron chi connectivity index (χ2n) is 3.78. The van der Waals surface area contributed by atoms with E-state index in [4.69, 9.17) is 16.3 Å². The highest BCUT2D eigenvalue weighted by atomic mass is 35.5. The van der Waals surface area contributed by atoms with Gasteiger partial charge in [-0.05, 0) is 29.7 Å². The molecule has 3 heteroatoms. The van der Waals surface area contributed by atoms with Gasteiger partial charge in [0.25, 0.3) is 0 Å². The van der Waals surface area contributed by atoms with Crippen LogP contribution < -0.4 is 4.74 Å². The van der Waals surface area contributed by atoms with Crippen molar-refractivity contribution >= 4 is 11.6 Å². The molecule has 2 nitrogen and oxygen atoms in total. The fourth-order valence-electron chi connectivity index (χ4n) is 1.49. The third-order valence-electron chi connectivity index (χ3n) is 2.48. The Bertz CT molecular complexity index is 482. The van der Waals surface area contributed by atoms with E-state index in [1.165, 1.54) is 5.56 Å². The van der Waals surface area contributed by atoms with Crippen molar-refractivity contribution < 1.29 is 4.74 Å². The number of ether oxygens (including phenoxy) is 1. The fourth-order valence-corrected chi connectivity index (χ4v) is 1.70. The lowest BCUT2D eigenvalue weighted by Gasteiger charge is -2.06. The molecule has 1 heterocycles. The van der Waals surface area contributed by atoms with Crippen molar-refractivity contribution in [2.24, 2.45) is 0 Å². The summed E-state index contributed by atoms with van der Waals surface area (Å²) in [6.07, 6.45) is 2.83. The van der Waals surface area contributed by atoms with Crippen LogP contribution in [0.15, 0.2) is 42.6 Å². The van der Waals surface area contributed by atoms with Gasteiger partial charge in [0.1, 0.15) is 6.61 Å². The molecule has 0 saturated carbocycles. The summed E-state index contributed by atoms with van der Waals surface area (Å²) in [6, 6.07) is 11.5. The van der Waals surface area contributed by atoms with Crippen LogP contribution >= 0.6 is 11.6 Å². The molecule has 0 saturated heterocycles. The Kier molecular flexibility index (Phi) is 3.99. The van der Waals surface area contributed by atoms with E-state index in [1.54, 1.807) is 0 Å². The summed E-state index contributed by atoms with van der Waals surface area (Å²) >= 11 is 5.89. The Hall–Kier alpha value is -1.54. The highest BCUT2D eigenvalue weighted by Gasteiger charge is 1.98. The zero-order valence-electron chi connectivity index (χ0n) is 9.69. The van der Waals surface area contributed by atoms with Crippen LogP contribution in [-0.2, 0) is 13.0 Å². The van der Waals surface area contributed by atoms with Gasteiger partial charge < -0.3 is 4.74 Å². The average Bonchev–Trinajstić information content (AvgIpc) is 2.37. The summed E-state index contributed by atoms with van der Waals surface area (Å²) in [5, 5.41) is 0.723. The first-order valence-corrected chi connectivity index (χ1v) is 5.98. The van der Waals surface area contributed by atoms with Gasteiger partial charge in [-0.2, -0.15) is 0 Å². The monoisotopic (exact) mass is 247 g/mol. The number of benzene rings is 1. The first-order chi connectivity index (χ1) is 8.28. The smallest absolute Gasteiger partial charge is 0.213 e. The molecule has 1 aromatic heterocycles. The van der Waals surface area contributed by atoms with Crippen molar-refractivity contribution in [3.05, 3.63) is 58.7 Å². The van der Waals surface area contributed by atoms with Crippen molar-refractivity contribution in [1.82, 2.24) is 4.98 Å². The van der Waals surface area contributed by atoms with Crippen LogP contribution in [0.25, 0.3) is 0 Å². The van der Waals surface area contributed by atoms with Crippen LogP contribution in [-0.4, -0.2) is 4.98 Å². The van der Waals surface area contributed by atoms with E-state index in [2.05, 4.69) is 11.9 Å². The van der Waals surface area contributed by atoms with Crippen LogP contribution in [0.4, 0.5) is 0 Å². The van der Waals surface area contributed by atoms with Crippen molar-refractivity contribution in [1.29, 1.82) is 0 Å². The number of hydrogen-bond donors (Lipinski definition) is 0. The van der Waals surface area contributed by atoms with Crippen molar-refractivity contribution in [2.75, 3.05) is 0 Å². The zero-order chi connectivity index (χ0) is 12.1. The normalized spacial score (nSPS) is 10.2. The maximum absolute atomic E-state index is 5.89. The predicted octanol–water partition coefficient (Wildman–Crippen LogP) is 3.88. The molecule has 0 radical (unpaired) electrons. The molecule has 0 amide bonds. The Labute approximate surface area is 106 Å². The van der Waals surface area contributed by atoms with Gasteiger partial charge in [-0.1, -0.05) is 36.7 Å². The van der Waals surface area contributed by atoms with E-state index in [0.29, 0.717) is 12.5 Å². The molecule has 0 aliphatic carbocycles. The second kappa shape index (κ2) is 5.69. The molecule has 0 N–H and O–H groups in total. The Morgan fingerprint density at radius 3 is 2.71 bits per heavy atom. The molecule has 0 atom stereocenters. The van der Waals surface area contributed by atoms with Crippen LogP contribution in [0.1, 0.15) is 18.1 Å². The average molecular weight is 248 g/mol. The number of aromatic nitrogens is 1. The van der Waals surface area contributed by atoms with E-state index in [0.717, 1.165) is 17.0 Å². The third-order valence-corrected chi connectivity index (χ3v) is 2.72. The van der Waals surface area contributed by atoms with Gasteiger partial charge in [-0.25, -0.2) is 4.98 Å². The highest BCUT2D eigenvalue weighted by Crippen LogP contribution is 2.14. The molecular weight excluding hydrogens is 234 g/mol. The largest absolute Gasteiger partial charge is 0.473 e. The molecule has 1 aromatic carbocycles. The zero-order valence-corrected chi connectivity index (χ0v) is 10.4. The van der Waals surface area contributed by atoms with E-state index < -0.39 is 0 Å². The number of aryl methyl sites for hydroxylation is 1. The van der Waals surface area contributed by atoms with Crippen molar-refractivity contribution in [3.63, 3.8) is 0 Å². The summed E-state index contributed by atoms with van der Waals surface area (Å²) in [6.45, 7) is 2.59. The Balaban J connectivity index is 1.97. The van der Waals surface area contributed by atoms with E-state index >= 15 is 0 Å². The van der Waals surface area contributed by atoms with E-state index in [1.807, 2.05) is 42.6 Å². The Morgan fingerprint density at radius 2 is 2.06 bits per heavy atom. The topological polar surface area (TPSA) is 22.1 Å². The molecule has 0 unspecified atom stereocenters. The van der Waals surface area contributed by atoms with Gasteiger partial charge in [0, 0.05) is 17.3 Å². The molecule has 17 heavy (non-hydrogen) atoms. The van der Waals surface area contributed by atoms with Crippen molar-refractivity contribution in [2.45, 2.75) is 20.0 Å². The molecule has 0 aliphatic heterocycles. The molecule has 2 rings (SSSR count). The minimum atomic E-state index is 0.485. The molecule has 0 aliphatic rings. The molecule has 88 valence electrons.